The Bertz CT molecular complexity index is 2610. The molecule has 11 heteroatoms. The summed E-state index contributed by atoms with van der Waals surface area (Å²) in [5.41, 5.74) is 1.17. The first kappa shape index (κ1) is 96.6. The van der Waals surface area contributed by atoms with Gasteiger partial charge in [0.05, 0.1) is 68.2 Å². The SMILES string of the molecule is CCCCCCCCCCC1CCC(CCCCCCCCCC)C2C3NC(NC4NC(NC5NC(NC6NC(N3)C3C(CCCCCCCCCC)CCC(CCCCCCCCCC)C63)C3C(CCCCCCCCCC)CCC(CCCCCCCCCC)C53)C3C(c5nccc(OCCCC)c5OCCCC)CCCC43)C12. The first-order valence-corrected chi connectivity index (χ1v) is 53.7. The van der Waals surface area contributed by atoms with Crippen molar-refractivity contribution in [1.82, 2.24) is 47.5 Å². The lowest BCUT2D eigenvalue weighted by Crippen LogP contribution is -2.62. The van der Waals surface area contributed by atoms with Gasteiger partial charge in [-0.05, 0) is 141 Å². The third kappa shape index (κ3) is 30.1. The molecule has 10 rings (SSSR count). The average Bonchev–Trinajstić information content (AvgIpc) is 1.57. The number of rotatable bonds is 63. The Kier molecular flexibility index (Phi) is 47.6. The lowest BCUT2D eigenvalue weighted by Gasteiger charge is -2.46. The van der Waals surface area contributed by atoms with Gasteiger partial charge in [-0.2, -0.15) is 0 Å². The van der Waals surface area contributed by atoms with Crippen molar-refractivity contribution in [2.75, 3.05) is 13.2 Å². The Hall–Kier alpha value is -1.57. The summed E-state index contributed by atoms with van der Waals surface area (Å²) in [5.74, 6) is 10.8. The van der Waals surface area contributed by atoms with E-state index in [4.69, 9.17) is 57.0 Å². The highest BCUT2D eigenvalue weighted by Gasteiger charge is 2.61. The number of hydrogen-bond donors (Lipinski definition) is 8. The molecule has 23 unspecified atom stereocenters. The highest BCUT2D eigenvalue weighted by Crippen LogP contribution is 2.57. The zero-order chi connectivity index (χ0) is 81.0. The molecule has 23 atom stereocenters. The third-order valence-corrected chi connectivity index (χ3v) is 32.6. The van der Waals surface area contributed by atoms with E-state index in [0.717, 1.165) is 73.2 Å². The minimum atomic E-state index is 0.101. The molecule has 0 amide bonds. The molecule has 0 aromatic carbocycles. The standard InChI is InChI=1S/C105H195N9O2/c1-9-17-25-31-37-43-49-55-62-80-70-71-81(63-56-50-44-38-32-26-18-10-2)90-89(80)99-107-98-87-69-61-68-86(96-97(116-79-24-16-8)88(76-77-106-96)115-78-23-15-7)95(87)105(108-98)114-104-94-85(67-60-54-48-42-36-30-22-14-6)75-74-84(66-59-53-47-41-35-29-21-13-5)93(94)103(113-104)112-102-92-83(65-58-52-46-40-34-28-20-12-4)73-72-82(64-57-51-45-39-33-27-19-11-3)91(92)101(111-102)110-100(90)109-99/h76-77,80-87,89-95,98-105,107-114H,9-75,78-79H2,1-8H3. The monoisotopic (exact) mass is 1610 g/mol. The van der Waals surface area contributed by atoms with Crippen LogP contribution in [0.2, 0.25) is 0 Å². The third-order valence-electron chi connectivity index (χ3n) is 32.6. The molecule has 4 aliphatic carbocycles. The van der Waals surface area contributed by atoms with Gasteiger partial charge in [0.15, 0.2) is 11.5 Å². The predicted molar refractivity (Wildman–Crippen MR) is 497 cm³/mol. The Morgan fingerprint density at radius 1 is 0.250 bits per heavy atom. The van der Waals surface area contributed by atoms with Crippen LogP contribution in [-0.2, 0) is 0 Å². The van der Waals surface area contributed by atoms with Crippen LogP contribution in [0.4, 0.5) is 0 Å². The molecule has 0 radical (unpaired) electrons. The second-order valence-electron chi connectivity index (χ2n) is 41.2. The average molecular weight is 1620 g/mol. The molecule has 0 spiro atoms. The van der Waals surface area contributed by atoms with Gasteiger partial charge < -0.3 is 9.47 Å². The second kappa shape index (κ2) is 57.1. The van der Waals surface area contributed by atoms with Crippen LogP contribution in [0.3, 0.4) is 0 Å². The highest BCUT2D eigenvalue weighted by atomic mass is 16.5. The smallest absolute Gasteiger partial charge is 0.182 e. The second-order valence-corrected chi connectivity index (χ2v) is 41.2. The van der Waals surface area contributed by atoms with E-state index in [9.17, 15) is 0 Å². The lowest BCUT2D eigenvalue weighted by atomic mass is 9.62. The van der Waals surface area contributed by atoms with Crippen LogP contribution >= 0.6 is 0 Å². The quantitative estimate of drug-likeness (QED) is 0.0297. The number of nitrogens with one attached hydrogen (secondary N) is 8. The van der Waals surface area contributed by atoms with E-state index in [0.29, 0.717) is 66.5 Å². The number of ether oxygens (including phenoxy) is 2. The summed E-state index contributed by atoms with van der Waals surface area (Å²) >= 11 is 0. The maximum Gasteiger partial charge on any atom is 0.182 e. The molecule has 4 saturated carbocycles. The predicted octanol–water partition coefficient (Wildman–Crippen LogP) is 28.3. The molecule has 8 N–H and O–H groups in total. The fourth-order valence-corrected chi connectivity index (χ4v) is 26.3. The molecular weight excluding hydrogens is 1420 g/mol. The molecule has 9 aliphatic rings. The topological polar surface area (TPSA) is 128 Å². The van der Waals surface area contributed by atoms with E-state index in [1.54, 1.807) is 0 Å². The van der Waals surface area contributed by atoms with Gasteiger partial charge in [0.25, 0.3) is 0 Å². The van der Waals surface area contributed by atoms with Crippen LogP contribution in [0, 0.1) is 82.9 Å². The van der Waals surface area contributed by atoms with Crippen LogP contribution in [0.1, 0.15) is 497 Å². The van der Waals surface area contributed by atoms with Gasteiger partial charge in [-0.15, -0.1) is 0 Å². The van der Waals surface area contributed by atoms with Crippen LogP contribution in [0.15, 0.2) is 12.3 Å². The van der Waals surface area contributed by atoms with E-state index in [1.165, 1.54) is 404 Å². The van der Waals surface area contributed by atoms with E-state index >= 15 is 0 Å². The van der Waals surface area contributed by atoms with Crippen LogP contribution in [0.5, 0.6) is 11.5 Å². The van der Waals surface area contributed by atoms with Crippen molar-refractivity contribution in [2.24, 2.45) is 82.9 Å². The first-order chi connectivity index (χ1) is 57.4. The fraction of sp³-hybridized carbons (Fsp3) is 0.952. The van der Waals surface area contributed by atoms with Gasteiger partial charge in [0, 0.05) is 24.1 Å². The summed E-state index contributed by atoms with van der Waals surface area (Å²) < 4.78 is 14.0. The Labute approximate surface area is 719 Å². The van der Waals surface area contributed by atoms with Gasteiger partial charge in [-0.25, -0.2) is 0 Å². The summed E-state index contributed by atoms with van der Waals surface area (Å²) in [7, 11) is 0. The summed E-state index contributed by atoms with van der Waals surface area (Å²) in [4.78, 5) is 5.60. The van der Waals surface area contributed by atoms with Crippen LogP contribution < -0.4 is 52.0 Å². The zero-order valence-corrected chi connectivity index (χ0v) is 78.0. The van der Waals surface area contributed by atoms with Crippen molar-refractivity contribution in [3.63, 3.8) is 0 Å². The largest absolute Gasteiger partial charge is 0.490 e. The molecule has 1 aromatic heterocycles. The zero-order valence-electron chi connectivity index (χ0n) is 78.0. The van der Waals surface area contributed by atoms with Crippen molar-refractivity contribution in [2.45, 2.75) is 541 Å². The molecule has 672 valence electrons. The number of unbranched alkanes of at least 4 members (excludes halogenated alkanes) is 44. The number of fused-ring (bicyclic) bond motifs is 20. The van der Waals surface area contributed by atoms with Crippen molar-refractivity contribution < 1.29 is 9.47 Å². The van der Waals surface area contributed by atoms with Crippen LogP contribution in [-0.4, -0.2) is 67.5 Å². The van der Waals surface area contributed by atoms with E-state index < -0.39 is 0 Å². The highest BCUT2D eigenvalue weighted by molar-refractivity contribution is 5.45. The molecule has 5 saturated heterocycles. The minimum Gasteiger partial charge on any atom is -0.490 e. The maximum atomic E-state index is 7.15. The number of pyridine rings is 1. The summed E-state index contributed by atoms with van der Waals surface area (Å²) in [6, 6.07) is 2.14. The summed E-state index contributed by atoms with van der Waals surface area (Å²) in [5, 5.41) is 39.1. The summed E-state index contributed by atoms with van der Waals surface area (Å²) in [6.07, 6.45) is 96.0. The molecule has 11 nitrogen and oxygen atoms in total. The van der Waals surface area contributed by atoms with Gasteiger partial charge in [0.2, 0.25) is 0 Å². The fourth-order valence-electron chi connectivity index (χ4n) is 26.3. The van der Waals surface area contributed by atoms with Gasteiger partial charge in [-0.3, -0.25) is 47.5 Å². The molecule has 5 aliphatic heterocycles. The maximum absolute atomic E-state index is 7.15. The van der Waals surface area contributed by atoms with Crippen molar-refractivity contribution in [1.29, 1.82) is 0 Å². The van der Waals surface area contributed by atoms with Crippen LogP contribution in [0.25, 0.3) is 0 Å². The molecule has 1 aromatic rings. The molecule has 116 heavy (non-hydrogen) atoms. The molecule has 8 bridgehead atoms. The van der Waals surface area contributed by atoms with Gasteiger partial charge in [-0.1, -0.05) is 421 Å². The van der Waals surface area contributed by atoms with E-state index in [2.05, 4.69) is 67.7 Å². The number of aromatic nitrogens is 1. The van der Waals surface area contributed by atoms with Gasteiger partial charge >= 0.3 is 0 Å². The van der Waals surface area contributed by atoms with Crippen molar-refractivity contribution in [3.8, 4) is 11.5 Å². The van der Waals surface area contributed by atoms with Crippen molar-refractivity contribution in [3.05, 3.63) is 18.0 Å². The number of nitrogens with zero attached hydrogens (tertiary/aromatic N) is 1. The Morgan fingerprint density at radius 2 is 0.483 bits per heavy atom. The lowest BCUT2D eigenvalue weighted by molar-refractivity contribution is 0.0425. The van der Waals surface area contributed by atoms with Gasteiger partial charge in [0.1, 0.15) is 0 Å². The molecular formula is C105H195N9O2. The van der Waals surface area contributed by atoms with Crippen molar-refractivity contribution >= 4 is 0 Å². The van der Waals surface area contributed by atoms with E-state index in [1.807, 2.05) is 0 Å². The minimum absolute atomic E-state index is 0.101. The summed E-state index contributed by atoms with van der Waals surface area (Å²) in [6.45, 7) is 20.3. The molecule has 6 heterocycles. The normalized spacial score (nSPS) is 32.2. The first-order valence-electron chi connectivity index (χ1n) is 53.7. The number of hydrogen-bond acceptors (Lipinski definition) is 11. The Balaban J connectivity index is 1.08. The Morgan fingerprint density at radius 3 is 0.750 bits per heavy atom. The van der Waals surface area contributed by atoms with E-state index in [-0.39, 0.29) is 55.2 Å². The molecule has 9 fully saturated rings.